The number of carbonyl (C=O) groups excluding carboxylic acids is 1. The molecule has 0 unspecified atom stereocenters. The SMILES string of the molecule is C[CH]OC(=O)/C=C/C=C/C. The Bertz CT molecular complexity index is 145. The van der Waals surface area contributed by atoms with Crippen molar-refractivity contribution in [2.24, 2.45) is 0 Å². The fourth-order valence-corrected chi connectivity index (χ4v) is 0.401. The summed E-state index contributed by atoms with van der Waals surface area (Å²) in [6, 6.07) is 0. The van der Waals surface area contributed by atoms with Gasteiger partial charge >= 0.3 is 5.97 Å². The quantitative estimate of drug-likeness (QED) is 0.339. The summed E-state index contributed by atoms with van der Waals surface area (Å²) in [5.74, 6) is -0.347. The minimum atomic E-state index is -0.347. The normalized spacial score (nSPS) is 11.0. The first kappa shape index (κ1) is 8.95. The van der Waals surface area contributed by atoms with Crippen LogP contribution in [0.2, 0.25) is 0 Å². The summed E-state index contributed by atoms with van der Waals surface area (Å²) in [4.78, 5) is 10.5. The highest BCUT2D eigenvalue weighted by Gasteiger charge is 1.89. The van der Waals surface area contributed by atoms with E-state index in [4.69, 9.17) is 0 Å². The Hall–Kier alpha value is -1.05. The lowest BCUT2D eigenvalue weighted by atomic mass is 10.4. The van der Waals surface area contributed by atoms with E-state index in [1.54, 1.807) is 19.1 Å². The van der Waals surface area contributed by atoms with E-state index in [9.17, 15) is 4.79 Å². The first-order chi connectivity index (χ1) is 4.81. The zero-order chi connectivity index (χ0) is 7.82. The van der Waals surface area contributed by atoms with Crippen LogP contribution in [0.5, 0.6) is 0 Å². The molecule has 0 fully saturated rings. The van der Waals surface area contributed by atoms with Gasteiger partial charge in [-0.2, -0.15) is 0 Å². The lowest BCUT2D eigenvalue weighted by molar-refractivity contribution is -0.134. The van der Waals surface area contributed by atoms with Crippen molar-refractivity contribution in [3.8, 4) is 0 Å². The summed E-state index contributed by atoms with van der Waals surface area (Å²) in [6.45, 7) is 4.88. The number of rotatable bonds is 3. The average Bonchev–Trinajstić information content (AvgIpc) is 1.89. The van der Waals surface area contributed by atoms with Gasteiger partial charge in [-0.3, -0.25) is 0 Å². The zero-order valence-electron chi connectivity index (χ0n) is 6.20. The first-order valence-electron chi connectivity index (χ1n) is 3.09. The topological polar surface area (TPSA) is 26.3 Å². The van der Waals surface area contributed by atoms with Crippen molar-refractivity contribution in [2.45, 2.75) is 13.8 Å². The third-order valence-corrected chi connectivity index (χ3v) is 0.770. The summed E-state index contributed by atoms with van der Waals surface area (Å²) in [5.41, 5.74) is 0. The maximum absolute atomic E-state index is 10.5. The van der Waals surface area contributed by atoms with E-state index in [1.165, 1.54) is 12.7 Å². The maximum atomic E-state index is 10.5. The number of esters is 1. The van der Waals surface area contributed by atoms with Crippen molar-refractivity contribution in [3.63, 3.8) is 0 Å². The minimum absolute atomic E-state index is 0.347. The fraction of sp³-hybridized carbons (Fsp3) is 0.250. The molecule has 0 spiro atoms. The second-order valence-electron chi connectivity index (χ2n) is 1.56. The van der Waals surface area contributed by atoms with Gasteiger partial charge in [-0.25, -0.2) is 4.79 Å². The highest BCUT2D eigenvalue weighted by Crippen LogP contribution is 1.84. The molecule has 0 aromatic heterocycles. The lowest BCUT2D eigenvalue weighted by Crippen LogP contribution is -1.94. The van der Waals surface area contributed by atoms with Gasteiger partial charge < -0.3 is 4.74 Å². The molecule has 0 saturated carbocycles. The molecule has 0 amide bonds. The van der Waals surface area contributed by atoms with Crippen molar-refractivity contribution >= 4 is 5.97 Å². The Labute approximate surface area is 61.2 Å². The van der Waals surface area contributed by atoms with Gasteiger partial charge in [-0.15, -0.1) is 0 Å². The Morgan fingerprint density at radius 2 is 2.00 bits per heavy atom. The second kappa shape index (κ2) is 6.08. The Balaban J connectivity index is 3.56. The Morgan fingerprint density at radius 3 is 2.50 bits per heavy atom. The molecule has 10 heavy (non-hydrogen) atoms. The van der Waals surface area contributed by atoms with Gasteiger partial charge in [0.2, 0.25) is 0 Å². The highest BCUT2D eigenvalue weighted by molar-refractivity contribution is 5.82. The Kier molecular flexibility index (Phi) is 5.44. The lowest BCUT2D eigenvalue weighted by Gasteiger charge is -1.91. The minimum Gasteiger partial charge on any atom is -0.456 e. The molecule has 0 rings (SSSR count). The van der Waals surface area contributed by atoms with Gasteiger partial charge in [0.1, 0.15) is 6.61 Å². The summed E-state index contributed by atoms with van der Waals surface area (Å²) < 4.78 is 4.50. The maximum Gasteiger partial charge on any atom is 0.331 e. The van der Waals surface area contributed by atoms with E-state index >= 15 is 0 Å². The summed E-state index contributed by atoms with van der Waals surface area (Å²) in [6.07, 6.45) is 6.59. The molecule has 0 saturated heterocycles. The molecular weight excluding hydrogens is 128 g/mol. The first-order valence-corrected chi connectivity index (χ1v) is 3.09. The molecular formula is C8H11O2. The van der Waals surface area contributed by atoms with E-state index in [-0.39, 0.29) is 5.97 Å². The molecule has 2 nitrogen and oxygen atoms in total. The smallest absolute Gasteiger partial charge is 0.331 e. The third-order valence-electron chi connectivity index (χ3n) is 0.770. The van der Waals surface area contributed by atoms with Crippen molar-refractivity contribution < 1.29 is 9.53 Å². The average molecular weight is 139 g/mol. The standard InChI is InChI=1S/C8H11O2/c1-3-5-6-7-8(9)10-4-2/h3-7H,1-2H3/b5-3+,7-6+. The Morgan fingerprint density at radius 1 is 1.30 bits per heavy atom. The van der Waals surface area contributed by atoms with E-state index in [2.05, 4.69) is 4.74 Å². The fourth-order valence-electron chi connectivity index (χ4n) is 0.401. The summed E-state index contributed by atoms with van der Waals surface area (Å²) in [5, 5.41) is 0. The van der Waals surface area contributed by atoms with Crippen LogP contribution < -0.4 is 0 Å². The molecule has 0 heterocycles. The van der Waals surface area contributed by atoms with Crippen molar-refractivity contribution in [1.29, 1.82) is 0 Å². The van der Waals surface area contributed by atoms with E-state index < -0.39 is 0 Å². The van der Waals surface area contributed by atoms with Crippen LogP contribution in [0.15, 0.2) is 24.3 Å². The van der Waals surface area contributed by atoms with E-state index in [1.807, 2.05) is 13.0 Å². The van der Waals surface area contributed by atoms with E-state index in [0.29, 0.717) is 0 Å². The largest absolute Gasteiger partial charge is 0.456 e. The van der Waals surface area contributed by atoms with Crippen LogP contribution in [0.3, 0.4) is 0 Å². The number of ether oxygens (including phenoxy) is 1. The van der Waals surface area contributed by atoms with Gasteiger partial charge in [-0.05, 0) is 13.8 Å². The van der Waals surface area contributed by atoms with Crippen LogP contribution in [-0.2, 0) is 9.53 Å². The van der Waals surface area contributed by atoms with Crippen molar-refractivity contribution in [2.75, 3.05) is 0 Å². The van der Waals surface area contributed by atoms with Crippen LogP contribution in [0, 0.1) is 6.61 Å². The number of hydrogen-bond donors (Lipinski definition) is 0. The molecule has 55 valence electrons. The molecule has 0 aromatic rings. The third kappa shape index (κ3) is 5.09. The number of allylic oxidation sites excluding steroid dienone is 3. The van der Waals surface area contributed by atoms with Gasteiger partial charge in [0.15, 0.2) is 0 Å². The predicted octanol–water partition coefficient (Wildman–Crippen LogP) is 1.84. The van der Waals surface area contributed by atoms with Crippen molar-refractivity contribution in [3.05, 3.63) is 30.9 Å². The van der Waals surface area contributed by atoms with Crippen molar-refractivity contribution in [1.82, 2.24) is 0 Å². The molecule has 2 heteroatoms. The van der Waals surface area contributed by atoms with Gasteiger partial charge in [-0.1, -0.05) is 18.2 Å². The van der Waals surface area contributed by atoms with Crippen LogP contribution in [-0.4, -0.2) is 5.97 Å². The van der Waals surface area contributed by atoms with Gasteiger partial charge in [0.25, 0.3) is 0 Å². The van der Waals surface area contributed by atoms with Crippen LogP contribution in [0.25, 0.3) is 0 Å². The number of hydrogen-bond acceptors (Lipinski definition) is 2. The molecule has 0 atom stereocenters. The molecule has 0 aliphatic heterocycles. The van der Waals surface area contributed by atoms with Crippen LogP contribution in [0.1, 0.15) is 13.8 Å². The summed E-state index contributed by atoms with van der Waals surface area (Å²) in [7, 11) is 0. The van der Waals surface area contributed by atoms with Crippen LogP contribution >= 0.6 is 0 Å². The molecule has 0 bridgehead atoms. The molecule has 0 aliphatic carbocycles. The highest BCUT2D eigenvalue weighted by atomic mass is 16.5. The van der Waals surface area contributed by atoms with Crippen LogP contribution in [0.4, 0.5) is 0 Å². The molecule has 1 radical (unpaired) electrons. The monoisotopic (exact) mass is 139 g/mol. The summed E-state index contributed by atoms with van der Waals surface area (Å²) >= 11 is 0. The molecule has 0 aliphatic rings. The zero-order valence-corrected chi connectivity index (χ0v) is 6.20. The van der Waals surface area contributed by atoms with E-state index in [0.717, 1.165) is 0 Å². The van der Waals surface area contributed by atoms with Gasteiger partial charge in [0.05, 0.1) is 0 Å². The molecule has 0 N–H and O–H groups in total. The molecule has 0 aromatic carbocycles. The second-order valence-corrected chi connectivity index (χ2v) is 1.56. The number of carbonyl (C=O) groups is 1. The van der Waals surface area contributed by atoms with Gasteiger partial charge in [0, 0.05) is 6.08 Å². The predicted molar refractivity (Wildman–Crippen MR) is 40.0 cm³/mol.